The van der Waals surface area contributed by atoms with Crippen LogP contribution in [0.4, 0.5) is 0 Å². The molecule has 21 heavy (non-hydrogen) atoms. The van der Waals surface area contributed by atoms with Crippen molar-refractivity contribution in [1.29, 1.82) is 0 Å². The molecule has 0 amide bonds. The van der Waals surface area contributed by atoms with E-state index in [2.05, 4.69) is 126 Å². The molecular weight excluding hydrogens is 614 g/mol. The number of benzene rings is 2. The molecule has 122 valence electrons. The maximum absolute atomic E-state index is 2.93. The first-order chi connectivity index (χ1) is 9.71. The van der Waals surface area contributed by atoms with Gasteiger partial charge in [-0.25, -0.2) is 0 Å². The van der Waals surface area contributed by atoms with Crippen LogP contribution in [0.15, 0.2) is 60.7 Å². The predicted octanol–water partition coefficient (Wildman–Crippen LogP) is 5.34. The zero-order valence-electron chi connectivity index (χ0n) is 12.8. The summed E-state index contributed by atoms with van der Waals surface area (Å²) < 4.78 is 0. The minimum absolute atomic E-state index is 1.44. The Morgan fingerprint density at radius 2 is 0.905 bits per heavy atom. The fraction of sp³-hybridized carbons (Fsp3) is 0.250. The molecule has 0 heterocycles. The molecule has 0 saturated carbocycles. The van der Waals surface area contributed by atoms with Crippen LogP contribution in [0.2, 0.25) is 0 Å². The SMILES string of the molecule is C[PH](C)(c1ccccc1)[Pd]([I])([I])[PH](C)(C)c1ccccc1. The van der Waals surface area contributed by atoms with E-state index in [1.165, 1.54) is 0 Å². The van der Waals surface area contributed by atoms with Gasteiger partial charge in [0.05, 0.1) is 0 Å². The summed E-state index contributed by atoms with van der Waals surface area (Å²) in [6, 6.07) is 22.6. The van der Waals surface area contributed by atoms with Crippen LogP contribution in [-0.4, -0.2) is 26.7 Å². The number of rotatable bonds is 4. The molecule has 2 aromatic rings. The first-order valence-corrected chi connectivity index (χ1v) is 26.4. The van der Waals surface area contributed by atoms with Crippen molar-refractivity contribution >= 4 is 60.5 Å². The molecule has 0 nitrogen and oxygen atoms in total. The number of hydrogen-bond acceptors (Lipinski definition) is 0. The molecule has 0 bridgehead atoms. The third-order valence-corrected chi connectivity index (χ3v) is 101. The average molecular weight is 639 g/mol. The molecule has 2 rings (SSSR count). The second-order valence-electron chi connectivity index (χ2n) is 5.89. The van der Waals surface area contributed by atoms with E-state index >= 15 is 0 Å². The zero-order valence-corrected chi connectivity index (χ0v) is 20.7. The van der Waals surface area contributed by atoms with Crippen LogP contribution in [0.3, 0.4) is 0 Å². The fourth-order valence-electron chi connectivity index (χ4n) is 2.37. The monoisotopic (exact) mass is 638 g/mol. The Morgan fingerprint density at radius 3 is 1.19 bits per heavy atom. The van der Waals surface area contributed by atoms with Crippen LogP contribution < -0.4 is 10.6 Å². The third kappa shape index (κ3) is 3.59. The van der Waals surface area contributed by atoms with Gasteiger partial charge in [-0.05, 0) is 0 Å². The first-order valence-electron chi connectivity index (χ1n) is 6.88. The van der Waals surface area contributed by atoms with Crippen LogP contribution in [0.25, 0.3) is 0 Å². The number of halogens is 2. The first kappa shape index (κ1) is 18.8. The van der Waals surface area contributed by atoms with Crippen LogP contribution in [0.5, 0.6) is 0 Å². The topological polar surface area (TPSA) is 0 Å². The molecule has 0 N–H and O–H groups in total. The van der Waals surface area contributed by atoms with Crippen LogP contribution in [0.1, 0.15) is 0 Å². The van der Waals surface area contributed by atoms with Crippen molar-refractivity contribution in [3.8, 4) is 0 Å². The average Bonchev–Trinajstić information content (AvgIpc) is 2.48. The Balaban J connectivity index is 2.50. The molecule has 0 aliphatic rings. The van der Waals surface area contributed by atoms with E-state index < -0.39 is 18.2 Å². The van der Waals surface area contributed by atoms with Gasteiger partial charge in [-0.15, -0.1) is 0 Å². The van der Waals surface area contributed by atoms with Crippen LogP contribution in [0, 0.1) is 0 Å². The van der Waals surface area contributed by atoms with Crippen LogP contribution in [-0.2, 0) is 7.32 Å². The van der Waals surface area contributed by atoms with Gasteiger partial charge in [0.25, 0.3) is 0 Å². The quantitative estimate of drug-likeness (QED) is 0.241. The second-order valence-corrected chi connectivity index (χ2v) is 68.6. The fourth-order valence-corrected chi connectivity index (χ4v) is 52.7. The van der Waals surface area contributed by atoms with E-state index in [-0.39, 0.29) is 0 Å². The summed E-state index contributed by atoms with van der Waals surface area (Å²) in [5.74, 6) is 0. The summed E-state index contributed by atoms with van der Waals surface area (Å²) in [6.07, 6.45) is 0. The number of hydrogen-bond donors (Lipinski definition) is 0. The van der Waals surface area contributed by atoms with Crippen molar-refractivity contribution in [2.45, 2.75) is 0 Å². The minimum atomic E-state index is -1.56. The van der Waals surface area contributed by atoms with Gasteiger partial charge in [-0.2, -0.15) is 0 Å². The van der Waals surface area contributed by atoms with E-state index in [0.717, 1.165) is 0 Å². The van der Waals surface area contributed by atoms with Gasteiger partial charge in [0.1, 0.15) is 0 Å². The summed E-state index contributed by atoms with van der Waals surface area (Å²) in [5.41, 5.74) is -2.88. The Hall–Kier alpha value is 1.42. The summed E-state index contributed by atoms with van der Waals surface area (Å²) in [7, 11) is -1.56. The van der Waals surface area contributed by atoms with E-state index in [1.54, 1.807) is 10.6 Å². The molecule has 0 unspecified atom stereocenters. The third-order valence-electron chi connectivity index (χ3n) is 3.88. The van der Waals surface area contributed by atoms with Gasteiger partial charge in [-0.3, -0.25) is 0 Å². The molecule has 0 fully saturated rings. The van der Waals surface area contributed by atoms with Crippen molar-refractivity contribution in [1.82, 2.24) is 0 Å². The molecule has 0 atom stereocenters. The maximum atomic E-state index is 2.93. The summed E-state index contributed by atoms with van der Waals surface area (Å²) in [6.45, 7) is 10.4. The summed E-state index contributed by atoms with van der Waals surface area (Å²) >= 11 is 5.86. The van der Waals surface area contributed by atoms with Crippen molar-refractivity contribution in [2.24, 2.45) is 0 Å². The van der Waals surface area contributed by atoms with E-state index in [9.17, 15) is 0 Å². The Kier molecular flexibility index (Phi) is 6.36. The molecular formula is C16H24I2P2Pd. The van der Waals surface area contributed by atoms with E-state index in [0.29, 0.717) is 0 Å². The van der Waals surface area contributed by atoms with Gasteiger partial charge in [0, 0.05) is 0 Å². The molecule has 2 aromatic carbocycles. The predicted molar refractivity (Wildman–Crippen MR) is 121 cm³/mol. The van der Waals surface area contributed by atoms with Gasteiger partial charge in [-0.1, -0.05) is 0 Å². The summed E-state index contributed by atoms with van der Waals surface area (Å²) in [5, 5.41) is 3.25. The van der Waals surface area contributed by atoms with Gasteiger partial charge < -0.3 is 0 Å². The normalized spacial score (nSPS) is 15.5. The van der Waals surface area contributed by atoms with Gasteiger partial charge in [0.15, 0.2) is 0 Å². The molecule has 0 spiro atoms. The van der Waals surface area contributed by atoms with Crippen molar-refractivity contribution < 1.29 is 7.32 Å². The molecule has 5 heteroatoms. The standard InChI is InChI=1S/2C8H11P.2HI.Pd/c2*1-9(2)8-6-4-3-5-7-8;;;/h2*3-7H,1-2H3;2*1H;. The van der Waals surface area contributed by atoms with E-state index in [1.807, 2.05) is 0 Å². The zero-order chi connectivity index (χ0) is 15.7. The van der Waals surface area contributed by atoms with Gasteiger partial charge in [0.2, 0.25) is 0 Å². The van der Waals surface area contributed by atoms with Crippen LogP contribution >= 0.6 is 49.9 Å². The Labute approximate surface area is 153 Å². The molecule has 0 saturated heterocycles. The van der Waals surface area contributed by atoms with Crippen molar-refractivity contribution in [3.63, 3.8) is 0 Å². The van der Waals surface area contributed by atoms with E-state index in [4.69, 9.17) is 0 Å². The molecule has 0 aliphatic carbocycles. The molecule has 0 radical (unpaired) electrons. The van der Waals surface area contributed by atoms with Crippen molar-refractivity contribution in [2.75, 3.05) is 26.7 Å². The Morgan fingerprint density at radius 1 is 0.619 bits per heavy atom. The van der Waals surface area contributed by atoms with Gasteiger partial charge >= 0.3 is 155 Å². The summed E-state index contributed by atoms with van der Waals surface area (Å²) in [4.78, 5) is 0. The Bertz CT molecular complexity index is 545. The molecule has 0 aliphatic heterocycles. The van der Waals surface area contributed by atoms with Crippen molar-refractivity contribution in [3.05, 3.63) is 60.7 Å². The molecule has 0 aromatic heterocycles. The second kappa shape index (κ2) is 7.12.